The highest BCUT2D eigenvalue weighted by atomic mass is 32.2. The van der Waals surface area contributed by atoms with E-state index in [0.29, 0.717) is 10.5 Å². The van der Waals surface area contributed by atoms with E-state index in [-0.39, 0.29) is 0 Å². The standard InChI is InChI=1S/C16H26N2OS/c1-13-11-18(12-14(2)20-13)16-7-5-4-6-15(16)10-17-8-9-19-3/h4-7,13-14,17H,8-12H2,1-3H3. The van der Waals surface area contributed by atoms with Gasteiger partial charge in [0.15, 0.2) is 0 Å². The molecule has 1 heterocycles. The summed E-state index contributed by atoms with van der Waals surface area (Å²) in [6.45, 7) is 9.50. The van der Waals surface area contributed by atoms with Crippen molar-refractivity contribution in [3.05, 3.63) is 29.8 Å². The van der Waals surface area contributed by atoms with E-state index in [1.807, 2.05) is 0 Å². The molecule has 0 aromatic heterocycles. The molecular formula is C16H26N2OS. The summed E-state index contributed by atoms with van der Waals surface area (Å²) in [4.78, 5) is 2.54. The van der Waals surface area contributed by atoms with Crippen LogP contribution in [0.25, 0.3) is 0 Å². The molecule has 0 spiro atoms. The topological polar surface area (TPSA) is 24.5 Å². The Labute approximate surface area is 127 Å². The number of benzene rings is 1. The minimum absolute atomic E-state index is 0.702. The normalized spacial score (nSPS) is 23.1. The van der Waals surface area contributed by atoms with Gasteiger partial charge >= 0.3 is 0 Å². The van der Waals surface area contributed by atoms with E-state index in [9.17, 15) is 0 Å². The Balaban J connectivity index is 2.03. The van der Waals surface area contributed by atoms with Crippen LogP contribution < -0.4 is 10.2 Å². The molecule has 4 heteroatoms. The summed E-state index contributed by atoms with van der Waals surface area (Å²) in [6.07, 6.45) is 0. The Morgan fingerprint density at radius 3 is 2.65 bits per heavy atom. The van der Waals surface area contributed by atoms with Gasteiger partial charge < -0.3 is 15.0 Å². The van der Waals surface area contributed by atoms with Gasteiger partial charge in [-0.15, -0.1) is 0 Å². The fourth-order valence-corrected chi connectivity index (χ4v) is 4.07. The van der Waals surface area contributed by atoms with Gasteiger partial charge in [0.2, 0.25) is 0 Å². The van der Waals surface area contributed by atoms with E-state index < -0.39 is 0 Å². The third-order valence-electron chi connectivity index (χ3n) is 3.55. The zero-order valence-corrected chi connectivity index (χ0v) is 13.6. The fourth-order valence-electron chi connectivity index (χ4n) is 2.74. The smallest absolute Gasteiger partial charge is 0.0587 e. The van der Waals surface area contributed by atoms with Crippen molar-refractivity contribution in [3.63, 3.8) is 0 Å². The van der Waals surface area contributed by atoms with Crippen molar-refractivity contribution in [1.82, 2.24) is 5.32 Å². The number of para-hydroxylation sites is 1. The zero-order chi connectivity index (χ0) is 14.4. The lowest BCUT2D eigenvalue weighted by atomic mass is 10.1. The van der Waals surface area contributed by atoms with Crippen LogP contribution in [0.15, 0.2) is 24.3 Å². The number of hydrogen-bond acceptors (Lipinski definition) is 4. The van der Waals surface area contributed by atoms with Crippen molar-refractivity contribution >= 4 is 17.4 Å². The number of anilines is 1. The van der Waals surface area contributed by atoms with Crippen molar-refractivity contribution in [3.8, 4) is 0 Å². The first-order valence-corrected chi connectivity index (χ1v) is 8.33. The Morgan fingerprint density at radius 1 is 1.25 bits per heavy atom. The van der Waals surface area contributed by atoms with Gasteiger partial charge in [-0.25, -0.2) is 0 Å². The van der Waals surface area contributed by atoms with Crippen molar-refractivity contribution < 1.29 is 4.74 Å². The Bertz CT molecular complexity index is 403. The molecule has 0 bridgehead atoms. The van der Waals surface area contributed by atoms with E-state index >= 15 is 0 Å². The molecule has 2 unspecified atom stereocenters. The van der Waals surface area contributed by atoms with Crippen molar-refractivity contribution in [2.75, 3.05) is 38.3 Å². The van der Waals surface area contributed by atoms with E-state index in [0.717, 1.165) is 32.8 Å². The van der Waals surface area contributed by atoms with E-state index in [2.05, 4.69) is 60.1 Å². The van der Waals surface area contributed by atoms with E-state index in [4.69, 9.17) is 4.74 Å². The number of methoxy groups -OCH3 is 1. The Kier molecular flexibility index (Phi) is 6.20. The molecule has 2 atom stereocenters. The second kappa shape index (κ2) is 7.91. The van der Waals surface area contributed by atoms with Crippen LogP contribution in [-0.2, 0) is 11.3 Å². The molecule has 1 aromatic carbocycles. The molecule has 112 valence electrons. The molecule has 0 saturated carbocycles. The molecule has 2 rings (SSSR count). The lowest BCUT2D eigenvalue weighted by Gasteiger charge is -2.37. The lowest BCUT2D eigenvalue weighted by Crippen LogP contribution is -2.41. The zero-order valence-electron chi connectivity index (χ0n) is 12.8. The summed E-state index contributed by atoms with van der Waals surface area (Å²) in [5.74, 6) is 0. The highest BCUT2D eigenvalue weighted by Gasteiger charge is 2.23. The van der Waals surface area contributed by atoms with Gasteiger partial charge in [0.1, 0.15) is 0 Å². The number of hydrogen-bond donors (Lipinski definition) is 1. The molecular weight excluding hydrogens is 268 g/mol. The number of thioether (sulfide) groups is 1. The number of rotatable bonds is 6. The van der Waals surface area contributed by atoms with Crippen molar-refractivity contribution in [2.24, 2.45) is 0 Å². The summed E-state index contributed by atoms with van der Waals surface area (Å²) < 4.78 is 5.08. The van der Waals surface area contributed by atoms with Crippen LogP contribution in [0.4, 0.5) is 5.69 Å². The average Bonchev–Trinajstić information content (AvgIpc) is 2.43. The lowest BCUT2D eigenvalue weighted by molar-refractivity contribution is 0.199. The maximum absolute atomic E-state index is 5.08. The minimum Gasteiger partial charge on any atom is -0.383 e. The number of nitrogens with zero attached hydrogens (tertiary/aromatic N) is 1. The maximum Gasteiger partial charge on any atom is 0.0587 e. The molecule has 0 aliphatic carbocycles. The van der Waals surface area contributed by atoms with Gasteiger partial charge in [-0.3, -0.25) is 0 Å². The van der Waals surface area contributed by atoms with Crippen LogP contribution >= 0.6 is 11.8 Å². The SMILES string of the molecule is COCCNCc1ccccc1N1CC(C)SC(C)C1. The van der Waals surface area contributed by atoms with Crippen LogP contribution in [0.5, 0.6) is 0 Å². The quantitative estimate of drug-likeness (QED) is 0.815. The molecule has 1 aromatic rings. The van der Waals surface area contributed by atoms with Crippen LogP contribution in [0.1, 0.15) is 19.4 Å². The maximum atomic E-state index is 5.08. The summed E-state index contributed by atoms with van der Waals surface area (Å²) in [5, 5.41) is 4.85. The Hall–Kier alpha value is -0.710. The van der Waals surface area contributed by atoms with Crippen molar-refractivity contribution in [2.45, 2.75) is 30.9 Å². The van der Waals surface area contributed by atoms with Gasteiger partial charge in [0.25, 0.3) is 0 Å². The third kappa shape index (κ3) is 4.40. The highest BCUT2D eigenvalue weighted by molar-refractivity contribution is 8.00. The molecule has 1 saturated heterocycles. The average molecular weight is 294 g/mol. The van der Waals surface area contributed by atoms with Crippen LogP contribution in [0.3, 0.4) is 0 Å². The summed E-state index contributed by atoms with van der Waals surface area (Å²) >= 11 is 2.10. The third-order valence-corrected chi connectivity index (χ3v) is 4.78. The number of ether oxygens (including phenoxy) is 1. The predicted molar refractivity (Wildman–Crippen MR) is 88.8 cm³/mol. The molecule has 1 fully saturated rings. The van der Waals surface area contributed by atoms with E-state index in [1.165, 1.54) is 11.3 Å². The van der Waals surface area contributed by atoms with Gasteiger partial charge in [0.05, 0.1) is 6.61 Å². The van der Waals surface area contributed by atoms with E-state index in [1.54, 1.807) is 7.11 Å². The van der Waals surface area contributed by atoms with Crippen LogP contribution in [0.2, 0.25) is 0 Å². The van der Waals surface area contributed by atoms with Crippen LogP contribution in [-0.4, -0.2) is 43.9 Å². The molecule has 0 radical (unpaired) electrons. The van der Waals surface area contributed by atoms with Crippen molar-refractivity contribution in [1.29, 1.82) is 0 Å². The fraction of sp³-hybridized carbons (Fsp3) is 0.625. The largest absolute Gasteiger partial charge is 0.383 e. The van der Waals surface area contributed by atoms with Gasteiger partial charge in [-0.1, -0.05) is 32.0 Å². The first kappa shape index (κ1) is 15.7. The monoisotopic (exact) mass is 294 g/mol. The van der Waals surface area contributed by atoms with Gasteiger partial charge in [-0.05, 0) is 11.6 Å². The first-order valence-electron chi connectivity index (χ1n) is 7.38. The highest BCUT2D eigenvalue weighted by Crippen LogP contribution is 2.30. The van der Waals surface area contributed by atoms with Gasteiger partial charge in [-0.2, -0.15) is 11.8 Å². The number of nitrogens with one attached hydrogen (secondary N) is 1. The summed E-state index contributed by atoms with van der Waals surface area (Å²) in [5.41, 5.74) is 2.77. The predicted octanol–water partition coefficient (Wildman–Crippen LogP) is 2.75. The molecule has 0 amide bonds. The van der Waals surface area contributed by atoms with Crippen LogP contribution in [0, 0.1) is 0 Å². The molecule has 3 nitrogen and oxygen atoms in total. The second-order valence-corrected chi connectivity index (χ2v) is 7.34. The van der Waals surface area contributed by atoms with Gasteiger partial charge in [0, 0.05) is 49.5 Å². The molecule has 1 aliphatic heterocycles. The minimum atomic E-state index is 0.702. The summed E-state index contributed by atoms with van der Waals surface area (Å²) in [7, 11) is 1.74. The second-order valence-electron chi connectivity index (χ2n) is 5.46. The summed E-state index contributed by atoms with van der Waals surface area (Å²) in [6, 6.07) is 8.75. The Morgan fingerprint density at radius 2 is 1.95 bits per heavy atom. The molecule has 1 aliphatic rings. The first-order chi connectivity index (χ1) is 9.70. The molecule has 20 heavy (non-hydrogen) atoms. The molecule has 1 N–H and O–H groups in total.